The van der Waals surface area contributed by atoms with E-state index in [1.54, 1.807) is 6.92 Å². The number of nitrogens with zero attached hydrogens (tertiary/aromatic N) is 2. The highest BCUT2D eigenvalue weighted by atomic mass is 19.4. The second kappa shape index (κ2) is 6.43. The minimum Gasteiger partial charge on any atom is -0.372 e. The summed E-state index contributed by atoms with van der Waals surface area (Å²) in [5, 5.41) is 2.56. The van der Waals surface area contributed by atoms with Gasteiger partial charge in [-0.05, 0) is 25.1 Å². The minimum atomic E-state index is -4.64. The topological polar surface area (TPSA) is 37.8 Å². The molecule has 0 aromatic carbocycles. The van der Waals surface area contributed by atoms with Gasteiger partial charge in [0.05, 0.1) is 24.1 Å². The molecule has 2 rings (SSSR count). The molecule has 0 saturated carbocycles. The van der Waals surface area contributed by atoms with Crippen molar-refractivity contribution in [2.24, 2.45) is 0 Å². The Balaban J connectivity index is 2.44. The first-order valence-corrected chi connectivity index (χ1v) is 6.24. The summed E-state index contributed by atoms with van der Waals surface area (Å²) < 4.78 is 52.4. The van der Waals surface area contributed by atoms with Crippen LogP contribution in [-0.4, -0.2) is 16.5 Å². The minimum absolute atomic E-state index is 0.00792. The first-order valence-electron chi connectivity index (χ1n) is 6.24. The summed E-state index contributed by atoms with van der Waals surface area (Å²) in [6.07, 6.45) is -2.42. The van der Waals surface area contributed by atoms with Gasteiger partial charge in [0.1, 0.15) is 5.82 Å². The molecule has 2 heterocycles. The second-order valence-corrected chi connectivity index (χ2v) is 4.26. The SMILES string of the molecule is CC#CCNc1ccc(-c2cncc(F)c2)nc1C(F)(F)F. The number of alkyl halides is 3. The molecule has 22 heavy (non-hydrogen) atoms. The van der Waals surface area contributed by atoms with Crippen molar-refractivity contribution < 1.29 is 17.6 Å². The molecule has 0 unspecified atom stereocenters. The molecule has 0 saturated heterocycles. The number of hydrogen-bond donors (Lipinski definition) is 1. The molecule has 0 amide bonds. The van der Waals surface area contributed by atoms with Crippen LogP contribution >= 0.6 is 0 Å². The number of halogens is 4. The van der Waals surface area contributed by atoms with Gasteiger partial charge in [-0.15, -0.1) is 5.92 Å². The average molecular weight is 309 g/mol. The third-order valence-electron chi connectivity index (χ3n) is 2.71. The van der Waals surface area contributed by atoms with Crippen LogP contribution in [0.2, 0.25) is 0 Å². The lowest BCUT2D eigenvalue weighted by atomic mass is 10.1. The van der Waals surface area contributed by atoms with Crippen molar-refractivity contribution in [3.8, 4) is 23.1 Å². The maximum Gasteiger partial charge on any atom is 0.435 e. The lowest BCUT2D eigenvalue weighted by Gasteiger charge is -2.14. The van der Waals surface area contributed by atoms with Gasteiger partial charge in [0.15, 0.2) is 5.69 Å². The Hall–Kier alpha value is -2.62. The maximum atomic E-state index is 13.1. The van der Waals surface area contributed by atoms with Gasteiger partial charge in [-0.3, -0.25) is 4.98 Å². The predicted molar refractivity (Wildman–Crippen MR) is 74.4 cm³/mol. The van der Waals surface area contributed by atoms with Crippen molar-refractivity contribution in [1.29, 1.82) is 0 Å². The molecule has 0 aliphatic rings. The highest BCUT2D eigenvalue weighted by Crippen LogP contribution is 2.34. The fraction of sp³-hybridized carbons (Fsp3) is 0.200. The van der Waals surface area contributed by atoms with Crippen LogP contribution in [0.1, 0.15) is 12.6 Å². The summed E-state index contributed by atoms with van der Waals surface area (Å²) in [6, 6.07) is 3.69. The van der Waals surface area contributed by atoms with Gasteiger partial charge in [-0.25, -0.2) is 9.37 Å². The van der Waals surface area contributed by atoms with Gasteiger partial charge in [-0.1, -0.05) is 5.92 Å². The number of anilines is 1. The molecule has 1 N–H and O–H groups in total. The van der Waals surface area contributed by atoms with Crippen molar-refractivity contribution in [1.82, 2.24) is 9.97 Å². The number of hydrogen-bond acceptors (Lipinski definition) is 3. The fourth-order valence-corrected chi connectivity index (χ4v) is 1.76. The lowest BCUT2D eigenvalue weighted by molar-refractivity contribution is -0.140. The van der Waals surface area contributed by atoms with Gasteiger partial charge < -0.3 is 5.32 Å². The van der Waals surface area contributed by atoms with E-state index in [4.69, 9.17) is 0 Å². The van der Waals surface area contributed by atoms with E-state index in [-0.39, 0.29) is 23.5 Å². The Bertz CT molecular complexity index is 730. The summed E-state index contributed by atoms with van der Waals surface area (Å²) >= 11 is 0. The number of nitrogens with one attached hydrogen (secondary N) is 1. The molecule has 0 radical (unpaired) electrons. The third kappa shape index (κ3) is 3.73. The molecule has 0 aliphatic carbocycles. The highest BCUT2D eigenvalue weighted by Gasteiger charge is 2.36. The highest BCUT2D eigenvalue weighted by molar-refractivity contribution is 5.62. The van der Waals surface area contributed by atoms with Crippen LogP contribution in [0.5, 0.6) is 0 Å². The van der Waals surface area contributed by atoms with E-state index < -0.39 is 17.7 Å². The normalized spacial score (nSPS) is 10.8. The summed E-state index contributed by atoms with van der Waals surface area (Å²) in [6.45, 7) is 1.66. The molecule has 0 aliphatic heterocycles. The Morgan fingerprint density at radius 2 is 2.00 bits per heavy atom. The molecule has 114 valence electrons. The van der Waals surface area contributed by atoms with Crippen LogP contribution in [0, 0.1) is 17.7 Å². The summed E-state index contributed by atoms with van der Waals surface area (Å²) in [4.78, 5) is 7.20. The van der Waals surface area contributed by atoms with Crippen LogP contribution < -0.4 is 5.32 Å². The maximum absolute atomic E-state index is 13.1. The van der Waals surface area contributed by atoms with Crippen LogP contribution in [0.3, 0.4) is 0 Å². The van der Waals surface area contributed by atoms with Crippen molar-refractivity contribution >= 4 is 5.69 Å². The van der Waals surface area contributed by atoms with Gasteiger partial charge in [0.2, 0.25) is 0 Å². The molecular formula is C15H11F4N3. The summed E-state index contributed by atoms with van der Waals surface area (Å²) in [7, 11) is 0. The van der Waals surface area contributed by atoms with E-state index in [0.29, 0.717) is 0 Å². The largest absolute Gasteiger partial charge is 0.435 e. The van der Waals surface area contributed by atoms with Crippen LogP contribution in [0.15, 0.2) is 30.6 Å². The Kier molecular flexibility index (Phi) is 4.61. The fourth-order valence-electron chi connectivity index (χ4n) is 1.76. The van der Waals surface area contributed by atoms with Crippen molar-refractivity contribution in [2.75, 3.05) is 11.9 Å². The predicted octanol–water partition coefficient (Wildman–Crippen LogP) is 3.74. The smallest absolute Gasteiger partial charge is 0.372 e. The van der Waals surface area contributed by atoms with Gasteiger partial charge in [-0.2, -0.15) is 13.2 Å². The molecule has 0 spiro atoms. The van der Waals surface area contributed by atoms with Crippen molar-refractivity contribution in [3.05, 3.63) is 42.1 Å². The van der Waals surface area contributed by atoms with Crippen LogP contribution in [-0.2, 0) is 6.18 Å². The Labute approximate surface area is 124 Å². The molecule has 3 nitrogen and oxygen atoms in total. The second-order valence-electron chi connectivity index (χ2n) is 4.26. The van der Waals surface area contributed by atoms with Gasteiger partial charge in [0, 0.05) is 11.8 Å². The van der Waals surface area contributed by atoms with E-state index in [0.717, 1.165) is 12.3 Å². The summed E-state index contributed by atoms with van der Waals surface area (Å²) in [5.41, 5.74) is -1.09. The third-order valence-corrected chi connectivity index (χ3v) is 2.71. The zero-order valence-electron chi connectivity index (χ0n) is 11.5. The monoisotopic (exact) mass is 309 g/mol. The first-order chi connectivity index (χ1) is 10.4. The quantitative estimate of drug-likeness (QED) is 0.693. The summed E-state index contributed by atoms with van der Waals surface area (Å²) in [5.74, 6) is 4.54. The van der Waals surface area contributed by atoms with E-state index >= 15 is 0 Å². The molecule has 7 heteroatoms. The molecule has 0 atom stereocenters. The standard InChI is InChI=1S/C15H11F4N3/c1-2-3-6-21-13-5-4-12(22-14(13)15(17,18)19)10-7-11(16)9-20-8-10/h4-5,7-9,21H,6H2,1H3. The van der Waals surface area contributed by atoms with Crippen LogP contribution in [0.25, 0.3) is 11.3 Å². The molecule has 0 bridgehead atoms. The Morgan fingerprint density at radius 3 is 2.64 bits per heavy atom. The zero-order valence-corrected chi connectivity index (χ0v) is 11.5. The number of aromatic nitrogens is 2. The Morgan fingerprint density at radius 1 is 1.23 bits per heavy atom. The van der Waals surface area contributed by atoms with Gasteiger partial charge >= 0.3 is 6.18 Å². The zero-order chi connectivity index (χ0) is 16.2. The van der Waals surface area contributed by atoms with Crippen LogP contribution in [0.4, 0.5) is 23.2 Å². The van der Waals surface area contributed by atoms with E-state index in [1.807, 2.05) is 0 Å². The van der Waals surface area contributed by atoms with E-state index in [2.05, 4.69) is 27.1 Å². The molecule has 0 fully saturated rings. The number of rotatable bonds is 3. The molecule has 2 aromatic heterocycles. The van der Waals surface area contributed by atoms with Crippen molar-refractivity contribution in [2.45, 2.75) is 13.1 Å². The molecular weight excluding hydrogens is 298 g/mol. The average Bonchev–Trinajstić information content (AvgIpc) is 2.46. The number of pyridine rings is 2. The van der Waals surface area contributed by atoms with Crippen molar-refractivity contribution in [3.63, 3.8) is 0 Å². The van der Waals surface area contributed by atoms with Gasteiger partial charge in [0.25, 0.3) is 0 Å². The van der Waals surface area contributed by atoms with E-state index in [9.17, 15) is 17.6 Å². The van der Waals surface area contributed by atoms with E-state index in [1.165, 1.54) is 18.3 Å². The molecule has 2 aromatic rings. The lowest BCUT2D eigenvalue weighted by Crippen LogP contribution is -2.14. The first kappa shape index (κ1) is 15.8.